The minimum atomic E-state index is -0.250. The Kier molecular flexibility index (Phi) is 7.60. The van der Waals surface area contributed by atoms with E-state index in [1.54, 1.807) is 48.5 Å². The number of nitrogens with zero attached hydrogens (tertiary/aromatic N) is 4. The first kappa shape index (κ1) is 19.6. The number of allylic oxidation sites excluding steroid dienone is 2. The van der Waals surface area contributed by atoms with E-state index in [1.165, 1.54) is 24.6 Å². The van der Waals surface area contributed by atoms with E-state index in [4.69, 9.17) is 10.5 Å². The third-order valence-corrected chi connectivity index (χ3v) is 2.94. The second kappa shape index (κ2) is 9.67. The molecule has 0 unspecified atom stereocenters. The Morgan fingerprint density at radius 3 is 1.44 bits per heavy atom. The molecule has 2 aromatic carbocycles. The molecule has 0 saturated carbocycles. The summed E-state index contributed by atoms with van der Waals surface area (Å²) in [5.41, 5.74) is 0.0774. The quantitative estimate of drug-likeness (QED) is 0.460. The van der Waals surface area contributed by atoms with Crippen molar-refractivity contribution in [2.45, 2.75) is 0 Å². The van der Waals surface area contributed by atoms with Crippen LogP contribution < -0.4 is 10.2 Å². The van der Waals surface area contributed by atoms with Crippen molar-refractivity contribution >= 4 is 12.4 Å². The Bertz CT molecular complexity index is 846. The summed E-state index contributed by atoms with van der Waals surface area (Å²) < 4.78 is 0. The van der Waals surface area contributed by atoms with Crippen molar-refractivity contribution in [2.75, 3.05) is 0 Å². The first-order valence-corrected chi connectivity index (χ1v) is 6.80. The fourth-order valence-corrected chi connectivity index (χ4v) is 1.73. The van der Waals surface area contributed by atoms with E-state index in [-0.39, 0.29) is 50.5 Å². The maximum atomic E-state index is 11.6. The number of hydrogen-bond donors (Lipinski definition) is 0. The van der Waals surface area contributed by atoms with Gasteiger partial charge in [-0.25, -0.2) is 9.98 Å². The third-order valence-electron chi connectivity index (χ3n) is 2.94. The van der Waals surface area contributed by atoms with Crippen molar-refractivity contribution in [3.05, 3.63) is 71.1 Å². The van der Waals surface area contributed by atoms with Gasteiger partial charge >= 0.3 is 16.5 Å². The zero-order valence-corrected chi connectivity index (χ0v) is 13.7. The number of rotatable bonds is 4. The largest absolute Gasteiger partial charge is 2.00 e. The molecule has 0 aliphatic heterocycles. The molecule has 0 N–H and O–H groups in total. The number of para-hydroxylation sites is 2. The number of benzene rings is 2. The van der Waals surface area contributed by atoms with E-state index in [2.05, 4.69) is 9.98 Å². The van der Waals surface area contributed by atoms with Crippen LogP contribution in [0.25, 0.3) is 0 Å². The van der Waals surface area contributed by atoms with Crippen LogP contribution in [0.5, 0.6) is 11.5 Å². The minimum Gasteiger partial charge on any atom is -0.872 e. The summed E-state index contributed by atoms with van der Waals surface area (Å²) in [7, 11) is 0. The first-order valence-electron chi connectivity index (χ1n) is 6.80. The van der Waals surface area contributed by atoms with Gasteiger partial charge in [-0.15, -0.1) is 11.5 Å². The predicted octanol–water partition coefficient (Wildman–Crippen LogP) is 1.63. The second-order valence-electron chi connectivity index (χ2n) is 4.51. The molecule has 7 heteroatoms. The van der Waals surface area contributed by atoms with E-state index in [9.17, 15) is 10.2 Å². The molecular weight excluding hydrogens is 363 g/mol. The molecule has 0 amide bonds. The van der Waals surface area contributed by atoms with Crippen molar-refractivity contribution in [3.63, 3.8) is 0 Å². The van der Waals surface area contributed by atoms with Crippen LogP contribution in [0, 0.1) is 22.7 Å². The fraction of sp³-hybridized carbons (Fsp3) is 0. The fourth-order valence-electron chi connectivity index (χ4n) is 1.73. The van der Waals surface area contributed by atoms with Crippen LogP contribution in [0.2, 0.25) is 0 Å². The molecule has 0 radical (unpaired) electrons. The van der Waals surface area contributed by atoms with Gasteiger partial charge in [0, 0.05) is 12.4 Å². The van der Waals surface area contributed by atoms with Gasteiger partial charge < -0.3 is 10.2 Å². The standard InChI is InChI=1S/C18H12N4O2.Ni/c19-9-15(21-11-13-5-1-3-7-17(13)23)16(10-20)22-12-14-6-2-4-8-18(14)24;/h1-8,11-12,23-24H;/q;+2/p-2. The predicted molar refractivity (Wildman–Crippen MR) is 85.2 cm³/mol. The Labute approximate surface area is 154 Å². The maximum absolute atomic E-state index is 11.6. The van der Waals surface area contributed by atoms with Gasteiger partial charge in [0.1, 0.15) is 12.1 Å². The second-order valence-corrected chi connectivity index (χ2v) is 4.51. The molecule has 25 heavy (non-hydrogen) atoms. The Morgan fingerprint density at radius 2 is 1.12 bits per heavy atom. The summed E-state index contributed by atoms with van der Waals surface area (Å²) in [4.78, 5) is 7.72. The van der Waals surface area contributed by atoms with Crippen molar-refractivity contribution < 1.29 is 26.7 Å². The monoisotopic (exact) mass is 372 g/mol. The summed E-state index contributed by atoms with van der Waals surface area (Å²) >= 11 is 0. The molecule has 0 aliphatic carbocycles. The molecule has 0 heterocycles. The summed E-state index contributed by atoms with van der Waals surface area (Å²) in [5, 5.41) is 41.5. The molecule has 0 aromatic heterocycles. The third kappa shape index (κ3) is 5.32. The molecule has 0 saturated heterocycles. The van der Waals surface area contributed by atoms with Crippen LogP contribution in [0.3, 0.4) is 0 Å². The molecule has 2 aromatic rings. The molecule has 6 nitrogen and oxygen atoms in total. The molecular formula is C18H10N4NiO2. The normalized spacial score (nSPS) is 11.4. The summed E-state index contributed by atoms with van der Waals surface area (Å²) in [6, 6.07) is 15.8. The van der Waals surface area contributed by atoms with Gasteiger partial charge in [-0.05, 0) is 11.1 Å². The van der Waals surface area contributed by atoms with E-state index >= 15 is 0 Å². The Morgan fingerprint density at radius 1 is 0.760 bits per heavy atom. The molecule has 2 rings (SSSR count). The number of aliphatic imine (C=N–C) groups is 2. The summed E-state index contributed by atoms with van der Waals surface area (Å²) in [6.07, 6.45) is 2.41. The zero-order chi connectivity index (χ0) is 17.4. The average Bonchev–Trinajstić information content (AvgIpc) is 2.60. The Balaban J connectivity index is 0.00000312. The van der Waals surface area contributed by atoms with Crippen molar-refractivity contribution in [1.29, 1.82) is 10.5 Å². The van der Waals surface area contributed by atoms with E-state index in [1.807, 2.05) is 0 Å². The van der Waals surface area contributed by atoms with Crippen LogP contribution in [-0.4, -0.2) is 12.4 Å². The number of nitriles is 2. The Hall–Kier alpha value is -3.41. The summed E-state index contributed by atoms with van der Waals surface area (Å²) in [5.74, 6) is -0.498. The maximum Gasteiger partial charge on any atom is 2.00 e. The van der Waals surface area contributed by atoms with Crippen LogP contribution in [0.4, 0.5) is 0 Å². The van der Waals surface area contributed by atoms with Crippen LogP contribution in [0.15, 0.2) is 69.9 Å². The van der Waals surface area contributed by atoms with Gasteiger partial charge in [-0.1, -0.05) is 48.5 Å². The SMILES string of the molecule is N#CC(N=Cc1ccccc1[O-])=C(C#N)N=Cc1ccccc1[O-].[Ni+2]. The molecule has 0 spiro atoms. The molecule has 124 valence electrons. The van der Waals surface area contributed by atoms with Crippen LogP contribution in [0.1, 0.15) is 11.1 Å². The van der Waals surface area contributed by atoms with Crippen molar-refractivity contribution in [1.82, 2.24) is 0 Å². The van der Waals surface area contributed by atoms with Crippen LogP contribution in [-0.2, 0) is 16.5 Å². The van der Waals surface area contributed by atoms with Crippen molar-refractivity contribution in [2.24, 2.45) is 9.98 Å². The van der Waals surface area contributed by atoms with Crippen LogP contribution >= 0.6 is 0 Å². The van der Waals surface area contributed by atoms with Gasteiger partial charge in [0.2, 0.25) is 0 Å². The molecule has 0 fully saturated rings. The van der Waals surface area contributed by atoms with Gasteiger partial charge in [0.15, 0.2) is 11.4 Å². The molecule has 0 atom stereocenters. The topological polar surface area (TPSA) is 118 Å². The molecule has 0 aliphatic rings. The van der Waals surface area contributed by atoms with Gasteiger partial charge in [-0.2, -0.15) is 10.5 Å². The van der Waals surface area contributed by atoms with E-state index < -0.39 is 0 Å². The minimum absolute atomic E-state index is 0. The molecule has 0 bridgehead atoms. The van der Waals surface area contributed by atoms with Gasteiger partial charge in [0.05, 0.1) is 0 Å². The summed E-state index contributed by atoms with van der Waals surface area (Å²) in [6.45, 7) is 0. The zero-order valence-electron chi connectivity index (χ0n) is 12.7. The van der Waals surface area contributed by atoms with Gasteiger partial charge in [0.25, 0.3) is 0 Å². The smallest absolute Gasteiger partial charge is 0.872 e. The van der Waals surface area contributed by atoms with E-state index in [0.717, 1.165) is 0 Å². The number of hydrogen-bond acceptors (Lipinski definition) is 6. The first-order chi connectivity index (χ1) is 11.7. The van der Waals surface area contributed by atoms with Gasteiger partial charge in [-0.3, -0.25) is 0 Å². The van der Waals surface area contributed by atoms with Crippen molar-refractivity contribution in [3.8, 4) is 23.6 Å². The average molecular weight is 373 g/mol. The van der Waals surface area contributed by atoms with E-state index in [0.29, 0.717) is 0 Å².